The Bertz CT molecular complexity index is 1270. The van der Waals surface area contributed by atoms with Crippen molar-refractivity contribution >= 4 is 35.0 Å². The number of fused-ring (bicyclic) bond motifs is 1. The van der Waals surface area contributed by atoms with Gasteiger partial charge in [0.05, 0.1) is 25.5 Å². The molecule has 0 saturated heterocycles. The van der Waals surface area contributed by atoms with Gasteiger partial charge < -0.3 is 25.2 Å². The Morgan fingerprint density at radius 3 is 2.64 bits per heavy atom. The van der Waals surface area contributed by atoms with Crippen LogP contribution in [-0.2, 0) is 11.2 Å². The predicted molar refractivity (Wildman–Crippen MR) is 132 cm³/mol. The fraction of sp³-hybridized carbons (Fsp3) is 0.280. The summed E-state index contributed by atoms with van der Waals surface area (Å²) >= 11 is 0. The molecule has 2 N–H and O–H groups in total. The molecule has 1 aromatic heterocycles. The molecule has 1 aliphatic rings. The van der Waals surface area contributed by atoms with Gasteiger partial charge in [0.2, 0.25) is 5.95 Å². The Morgan fingerprint density at radius 1 is 1.19 bits per heavy atom. The van der Waals surface area contributed by atoms with Crippen LogP contribution < -0.4 is 25.2 Å². The first-order valence-corrected chi connectivity index (χ1v) is 11.2. The predicted octanol–water partition coefficient (Wildman–Crippen LogP) is 3.25. The zero-order chi connectivity index (χ0) is 25.9. The summed E-state index contributed by atoms with van der Waals surface area (Å²) in [6.45, 7) is -0.592. The summed E-state index contributed by atoms with van der Waals surface area (Å²) in [6, 6.07) is 14.3. The first-order chi connectivity index (χ1) is 17.2. The van der Waals surface area contributed by atoms with E-state index in [0.717, 1.165) is 10.5 Å². The zero-order valence-electron chi connectivity index (χ0n) is 20.1. The Labute approximate surface area is 207 Å². The molecule has 0 saturated carbocycles. The second-order valence-corrected chi connectivity index (χ2v) is 8.25. The van der Waals surface area contributed by atoms with Crippen molar-refractivity contribution in [2.45, 2.75) is 12.3 Å². The molecule has 2 heterocycles. The van der Waals surface area contributed by atoms with E-state index in [1.807, 2.05) is 30.3 Å². The summed E-state index contributed by atoms with van der Waals surface area (Å²) in [4.78, 5) is 35.4. The number of hydrogen-bond donors (Lipinski definition) is 2. The van der Waals surface area contributed by atoms with Crippen LogP contribution in [-0.4, -0.2) is 62.0 Å². The number of nitrogens with one attached hydrogen (secondary N) is 2. The third-order valence-corrected chi connectivity index (χ3v) is 5.87. The van der Waals surface area contributed by atoms with E-state index >= 15 is 0 Å². The van der Waals surface area contributed by atoms with E-state index < -0.39 is 18.4 Å². The van der Waals surface area contributed by atoms with Gasteiger partial charge in [-0.25, -0.2) is 4.98 Å². The smallest absolute Gasteiger partial charge is 0.342 e. The number of benzene rings is 2. The number of methoxy groups -OCH3 is 1. The Hall–Kier alpha value is -4.28. The van der Waals surface area contributed by atoms with Crippen LogP contribution in [0.4, 0.5) is 31.9 Å². The highest BCUT2D eigenvalue weighted by molar-refractivity contribution is 6.02. The lowest BCUT2D eigenvalue weighted by Gasteiger charge is -2.25. The number of carbonyl (C=O) groups excluding carboxylic acids is 2. The number of anilines is 4. The molecule has 0 fully saturated rings. The first kappa shape index (κ1) is 24.8. The van der Waals surface area contributed by atoms with Gasteiger partial charge in [0.25, 0.3) is 11.8 Å². The Kier molecular flexibility index (Phi) is 7.00. The largest absolute Gasteiger partial charge is 0.495 e. The van der Waals surface area contributed by atoms with Gasteiger partial charge in [0.1, 0.15) is 11.4 Å². The molecule has 2 amide bonds. The molecule has 3 aromatic rings. The van der Waals surface area contributed by atoms with Crippen molar-refractivity contribution in [2.75, 3.05) is 49.4 Å². The van der Waals surface area contributed by atoms with Crippen molar-refractivity contribution in [3.05, 3.63) is 65.9 Å². The Morgan fingerprint density at radius 2 is 1.94 bits per heavy atom. The van der Waals surface area contributed by atoms with Crippen molar-refractivity contribution < 1.29 is 23.1 Å². The number of nitrogens with zero attached hydrogens (tertiary/aromatic N) is 4. The average molecular weight is 497 g/mol. The van der Waals surface area contributed by atoms with E-state index in [0.29, 0.717) is 23.4 Å². The molecule has 0 radical (unpaired) electrons. The molecule has 9 nitrogen and oxygen atoms in total. The third kappa shape index (κ3) is 5.04. The topological polar surface area (TPSA) is 99.7 Å². The minimum Gasteiger partial charge on any atom is -0.495 e. The van der Waals surface area contributed by atoms with Crippen molar-refractivity contribution in [1.29, 1.82) is 0 Å². The zero-order valence-corrected chi connectivity index (χ0v) is 20.1. The summed E-state index contributed by atoms with van der Waals surface area (Å²) in [7, 11) is 4.27. The monoisotopic (exact) mass is 496 g/mol. The maximum Gasteiger partial charge on any atom is 0.342 e. The van der Waals surface area contributed by atoms with Crippen LogP contribution in [0.2, 0.25) is 0 Å². The molecule has 1 aliphatic heterocycles. The van der Waals surface area contributed by atoms with Gasteiger partial charge >= 0.3 is 5.92 Å². The lowest BCUT2D eigenvalue weighted by molar-refractivity contribution is -0.140. The number of rotatable bonds is 7. The van der Waals surface area contributed by atoms with Crippen LogP contribution in [0, 0.1) is 0 Å². The van der Waals surface area contributed by atoms with Crippen LogP contribution in [0.25, 0.3) is 0 Å². The van der Waals surface area contributed by atoms with Gasteiger partial charge in [-0.2, -0.15) is 13.8 Å². The second kappa shape index (κ2) is 10.1. The van der Waals surface area contributed by atoms with Gasteiger partial charge in [0.15, 0.2) is 5.82 Å². The highest BCUT2D eigenvalue weighted by atomic mass is 19.3. The average Bonchev–Trinajstić information content (AvgIpc) is 2.96. The number of aromatic nitrogens is 2. The highest BCUT2D eigenvalue weighted by Crippen LogP contribution is 2.36. The fourth-order valence-electron chi connectivity index (χ4n) is 3.93. The van der Waals surface area contributed by atoms with Crippen LogP contribution in [0.15, 0.2) is 54.7 Å². The molecule has 188 valence electrons. The minimum atomic E-state index is -3.60. The van der Waals surface area contributed by atoms with Crippen molar-refractivity contribution in [3.63, 3.8) is 0 Å². The van der Waals surface area contributed by atoms with E-state index in [4.69, 9.17) is 4.74 Å². The van der Waals surface area contributed by atoms with E-state index in [-0.39, 0.29) is 29.9 Å². The van der Waals surface area contributed by atoms with E-state index in [1.165, 1.54) is 32.3 Å². The maximum absolute atomic E-state index is 14.8. The summed E-state index contributed by atoms with van der Waals surface area (Å²) in [6.07, 6.45) is 1.82. The molecule has 2 aromatic carbocycles. The molecular formula is C25H26F2N6O3. The summed E-state index contributed by atoms with van der Waals surface area (Å²) < 4.78 is 35.0. The number of halogens is 2. The molecule has 36 heavy (non-hydrogen) atoms. The standard InChI is InChI=1S/C25H26F2N6O3/c1-28-22(34)17-9-10-18(20(13-17)36-3)30-24-29-14-19-21(31-24)33(12-11-16-7-5-4-6-8-16)15-25(26,27)23(35)32(19)2/h4-10,13-14H,11-12,15H2,1-3H3,(H,28,34)(H,29,30,31). The van der Waals surface area contributed by atoms with Crippen LogP contribution in [0.1, 0.15) is 15.9 Å². The minimum absolute atomic E-state index is 0.121. The third-order valence-electron chi connectivity index (χ3n) is 5.87. The van der Waals surface area contributed by atoms with E-state index in [2.05, 4.69) is 20.6 Å². The van der Waals surface area contributed by atoms with Gasteiger partial charge in [-0.15, -0.1) is 0 Å². The van der Waals surface area contributed by atoms with E-state index in [9.17, 15) is 18.4 Å². The van der Waals surface area contributed by atoms with Gasteiger partial charge in [-0.3, -0.25) is 9.59 Å². The lowest BCUT2D eigenvalue weighted by Crippen LogP contribution is -2.46. The number of amides is 2. The molecule has 0 unspecified atom stereocenters. The van der Waals surface area contributed by atoms with E-state index in [1.54, 1.807) is 18.2 Å². The molecule has 0 spiro atoms. The van der Waals surface area contributed by atoms with Gasteiger partial charge in [-0.05, 0) is 30.2 Å². The normalized spacial score (nSPS) is 14.6. The molecule has 11 heteroatoms. The molecule has 0 bridgehead atoms. The molecule has 4 rings (SSSR count). The fourth-order valence-corrected chi connectivity index (χ4v) is 3.93. The van der Waals surface area contributed by atoms with Gasteiger partial charge in [0, 0.05) is 26.2 Å². The number of carbonyl (C=O) groups is 2. The summed E-state index contributed by atoms with van der Waals surface area (Å²) in [5.74, 6) is -4.49. The number of ether oxygens (including phenoxy) is 1. The number of hydrogen-bond acceptors (Lipinski definition) is 7. The quantitative estimate of drug-likeness (QED) is 0.518. The Balaban J connectivity index is 1.68. The maximum atomic E-state index is 14.8. The number of alkyl halides is 2. The van der Waals surface area contributed by atoms with Crippen LogP contribution >= 0.6 is 0 Å². The highest BCUT2D eigenvalue weighted by Gasteiger charge is 2.47. The summed E-state index contributed by atoms with van der Waals surface area (Å²) in [5.41, 5.74) is 2.03. The molecule has 0 aliphatic carbocycles. The van der Waals surface area contributed by atoms with Crippen molar-refractivity contribution in [2.24, 2.45) is 0 Å². The first-order valence-electron chi connectivity index (χ1n) is 11.2. The van der Waals surface area contributed by atoms with Crippen LogP contribution in [0.3, 0.4) is 0 Å². The molecular weight excluding hydrogens is 470 g/mol. The lowest BCUT2D eigenvalue weighted by atomic mass is 10.1. The van der Waals surface area contributed by atoms with Gasteiger partial charge in [-0.1, -0.05) is 30.3 Å². The van der Waals surface area contributed by atoms with Crippen LogP contribution in [0.5, 0.6) is 5.75 Å². The molecule has 0 atom stereocenters. The summed E-state index contributed by atoms with van der Waals surface area (Å²) in [5, 5.41) is 5.57. The second-order valence-electron chi connectivity index (χ2n) is 8.25. The SMILES string of the molecule is CNC(=O)c1ccc(Nc2ncc3c(n2)N(CCc2ccccc2)CC(F)(F)C(=O)N3C)c(OC)c1. The van der Waals surface area contributed by atoms with Crippen molar-refractivity contribution in [1.82, 2.24) is 15.3 Å². The van der Waals surface area contributed by atoms with Crippen molar-refractivity contribution in [3.8, 4) is 5.75 Å².